The van der Waals surface area contributed by atoms with Gasteiger partial charge in [0.15, 0.2) is 0 Å². The fourth-order valence-electron chi connectivity index (χ4n) is 4.32. The molecule has 35 heavy (non-hydrogen) atoms. The zero-order chi connectivity index (χ0) is 25.5. The van der Waals surface area contributed by atoms with Crippen molar-refractivity contribution in [2.75, 3.05) is 22.6 Å². The Labute approximate surface area is 200 Å². The van der Waals surface area contributed by atoms with Crippen LogP contribution >= 0.6 is 0 Å². The van der Waals surface area contributed by atoms with Gasteiger partial charge in [-0.1, -0.05) is 13.8 Å². The number of likely N-dealkylation sites (N-methyl/N-ethyl adjacent to an activating group) is 1. The van der Waals surface area contributed by atoms with Crippen LogP contribution in [0.2, 0.25) is 0 Å². The molecule has 0 aliphatic carbocycles. The Morgan fingerprint density at radius 1 is 1.17 bits per heavy atom. The Morgan fingerprint density at radius 3 is 2.60 bits per heavy atom. The number of nitrogens with zero attached hydrogens (tertiary/aromatic N) is 4. The lowest BCUT2D eigenvalue weighted by molar-refractivity contribution is -0.137. The summed E-state index contributed by atoms with van der Waals surface area (Å²) in [6.07, 6.45) is -1.36. The molecule has 1 aromatic carbocycles. The SMILES string of the molecule is Cc1nc(NCc2cnn(Cc3cc(F)cc(C(F)(F)F)c3)c2)cc2c1NC(=O)[C@H](C(C)C)N2C. The maximum absolute atomic E-state index is 13.7. The van der Waals surface area contributed by atoms with Gasteiger partial charge in [0.05, 0.1) is 35.4 Å². The van der Waals surface area contributed by atoms with E-state index in [-0.39, 0.29) is 30.0 Å². The number of benzene rings is 1. The average molecular weight is 491 g/mol. The second-order valence-corrected chi connectivity index (χ2v) is 9.02. The number of carbonyl (C=O) groups is 1. The Hall–Kier alpha value is -3.63. The lowest BCUT2D eigenvalue weighted by Gasteiger charge is -2.38. The van der Waals surface area contributed by atoms with Gasteiger partial charge >= 0.3 is 6.18 Å². The first-order valence-electron chi connectivity index (χ1n) is 11.1. The molecular formula is C24H26F4N6O. The van der Waals surface area contributed by atoms with Gasteiger partial charge in [0, 0.05) is 31.4 Å². The Bertz CT molecular complexity index is 1250. The first kappa shape index (κ1) is 24.5. The number of pyridine rings is 1. The molecule has 3 heterocycles. The standard InChI is InChI=1S/C24H26F4N6O/c1-13(2)22-23(35)32-21-14(3)31-20(8-19(21)33(22)4)29-9-16-10-30-34(12-16)11-15-5-17(24(26,27)28)7-18(25)6-15/h5-8,10,12-13,22H,9,11H2,1-4H3,(H,29,31)(H,32,35)/t22-/m0/s1. The number of nitrogens with one attached hydrogen (secondary N) is 2. The van der Waals surface area contributed by atoms with Gasteiger partial charge < -0.3 is 15.5 Å². The number of hydrogen-bond acceptors (Lipinski definition) is 5. The van der Waals surface area contributed by atoms with E-state index in [9.17, 15) is 22.4 Å². The van der Waals surface area contributed by atoms with Crippen LogP contribution in [0.25, 0.3) is 0 Å². The average Bonchev–Trinajstić information content (AvgIpc) is 3.19. The molecule has 1 atom stereocenters. The van der Waals surface area contributed by atoms with E-state index in [0.29, 0.717) is 29.8 Å². The molecule has 186 valence electrons. The van der Waals surface area contributed by atoms with E-state index in [1.54, 1.807) is 12.4 Å². The van der Waals surface area contributed by atoms with Crippen LogP contribution in [0, 0.1) is 18.7 Å². The zero-order valence-corrected chi connectivity index (χ0v) is 19.7. The molecule has 1 aliphatic heterocycles. The van der Waals surface area contributed by atoms with Crippen LogP contribution in [0.3, 0.4) is 0 Å². The molecule has 7 nitrogen and oxygen atoms in total. The minimum Gasteiger partial charge on any atom is -0.366 e. The predicted octanol–water partition coefficient (Wildman–Crippen LogP) is 4.82. The summed E-state index contributed by atoms with van der Waals surface area (Å²) in [5.74, 6) is -0.277. The molecule has 11 heteroatoms. The fourth-order valence-corrected chi connectivity index (χ4v) is 4.32. The first-order valence-corrected chi connectivity index (χ1v) is 11.1. The molecule has 0 saturated heterocycles. The van der Waals surface area contributed by atoms with E-state index in [2.05, 4.69) is 20.7 Å². The number of hydrogen-bond donors (Lipinski definition) is 2. The van der Waals surface area contributed by atoms with Crippen LogP contribution in [0.5, 0.6) is 0 Å². The Morgan fingerprint density at radius 2 is 1.91 bits per heavy atom. The van der Waals surface area contributed by atoms with E-state index in [0.717, 1.165) is 23.4 Å². The second kappa shape index (κ2) is 9.20. The Balaban J connectivity index is 1.47. The highest BCUT2D eigenvalue weighted by atomic mass is 19.4. The molecule has 0 saturated carbocycles. The number of fused-ring (bicyclic) bond motifs is 1. The van der Waals surface area contributed by atoms with Crippen LogP contribution < -0.4 is 15.5 Å². The molecule has 4 rings (SSSR count). The summed E-state index contributed by atoms with van der Waals surface area (Å²) in [7, 11) is 1.88. The summed E-state index contributed by atoms with van der Waals surface area (Å²) >= 11 is 0. The summed E-state index contributed by atoms with van der Waals surface area (Å²) in [6.45, 7) is 6.17. The van der Waals surface area contributed by atoms with Gasteiger partial charge in [-0.05, 0) is 36.6 Å². The normalized spacial score (nSPS) is 15.9. The molecule has 0 radical (unpaired) electrons. The van der Waals surface area contributed by atoms with Crippen molar-refractivity contribution in [1.29, 1.82) is 0 Å². The number of amides is 1. The number of aryl methyl sites for hydroxylation is 1. The zero-order valence-electron chi connectivity index (χ0n) is 19.7. The number of aromatic nitrogens is 3. The van der Waals surface area contributed by atoms with E-state index < -0.39 is 17.6 Å². The van der Waals surface area contributed by atoms with Crippen LogP contribution in [0.1, 0.15) is 36.2 Å². The highest BCUT2D eigenvalue weighted by Gasteiger charge is 2.34. The molecule has 2 N–H and O–H groups in total. The highest BCUT2D eigenvalue weighted by molar-refractivity contribution is 6.04. The van der Waals surface area contributed by atoms with Crippen molar-refractivity contribution in [2.45, 2.75) is 46.1 Å². The molecular weight excluding hydrogens is 464 g/mol. The van der Waals surface area contributed by atoms with Crippen LogP contribution in [0.15, 0.2) is 36.7 Å². The van der Waals surface area contributed by atoms with Gasteiger partial charge in [0.1, 0.15) is 17.7 Å². The molecule has 1 aliphatic rings. The third-order valence-corrected chi connectivity index (χ3v) is 5.91. The van der Waals surface area contributed by atoms with Crippen molar-refractivity contribution in [3.63, 3.8) is 0 Å². The fraction of sp³-hybridized carbons (Fsp3) is 0.375. The molecule has 1 amide bonds. The van der Waals surface area contributed by atoms with Crippen LogP contribution in [-0.2, 0) is 24.1 Å². The Kier molecular flexibility index (Phi) is 6.44. The van der Waals surface area contributed by atoms with E-state index in [4.69, 9.17) is 0 Å². The molecule has 0 bridgehead atoms. The van der Waals surface area contributed by atoms with Gasteiger partial charge in [-0.3, -0.25) is 9.48 Å². The highest BCUT2D eigenvalue weighted by Crippen LogP contribution is 2.36. The predicted molar refractivity (Wildman–Crippen MR) is 125 cm³/mol. The van der Waals surface area contributed by atoms with Crippen molar-refractivity contribution in [2.24, 2.45) is 5.92 Å². The quantitative estimate of drug-likeness (QED) is 0.485. The third-order valence-electron chi connectivity index (χ3n) is 5.91. The van der Waals surface area contributed by atoms with Crippen molar-refractivity contribution < 1.29 is 22.4 Å². The van der Waals surface area contributed by atoms with Gasteiger partial charge in [-0.25, -0.2) is 9.37 Å². The maximum atomic E-state index is 13.7. The molecule has 0 unspecified atom stereocenters. The third kappa shape index (κ3) is 5.23. The van der Waals surface area contributed by atoms with Crippen LogP contribution in [0.4, 0.5) is 34.8 Å². The monoisotopic (exact) mass is 490 g/mol. The minimum absolute atomic E-state index is 0.00186. The summed E-state index contributed by atoms with van der Waals surface area (Å²) in [5, 5.41) is 10.4. The summed E-state index contributed by atoms with van der Waals surface area (Å²) in [5.41, 5.74) is 2.13. The topological polar surface area (TPSA) is 75.1 Å². The van der Waals surface area contributed by atoms with E-state index in [1.807, 2.05) is 38.8 Å². The van der Waals surface area contributed by atoms with Crippen molar-refractivity contribution in [3.05, 3.63) is 64.9 Å². The minimum atomic E-state index is -4.62. The molecule has 0 spiro atoms. The summed E-state index contributed by atoms with van der Waals surface area (Å²) in [6, 6.07) is 4.03. The smallest absolute Gasteiger partial charge is 0.366 e. The lowest BCUT2D eigenvalue weighted by atomic mass is 9.98. The summed E-state index contributed by atoms with van der Waals surface area (Å²) in [4.78, 5) is 19.0. The number of rotatable bonds is 6. The van der Waals surface area contributed by atoms with Gasteiger partial charge in [0.25, 0.3) is 0 Å². The number of alkyl halides is 3. The molecule has 2 aromatic heterocycles. The van der Waals surface area contributed by atoms with E-state index in [1.165, 1.54) is 4.68 Å². The van der Waals surface area contributed by atoms with E-state index >= 15 is 0 Å². The largest absolute Gasteiger partial charge is 0.416 e. The van der Waals surface area contributed by atoms with Crippen molar-refractivity contribution >= 4 is 23.1 Å². The lowest BCUT2D eigenvalue weighted by Crippen LogP contribution is -2.49. The summed E-state index contributed by atoms with van der Waals surface area (Å²) < 4.78 is 54.0. The molecule has 0 fully saturated rings. The maximum Gasteiger partial charge on any atom is 0.416 e. The van der Waals surface area contributed by atoms with Crippen molar-refractivity contribution in [3.8, 4) is 0 Å². The van der Waals surface area contributed by atoms with Crippen LogP contribution in [-0.4, -0.2) is 33.8 Å². The number of halogens is 4. The molecule has 3 aromatic rings. The van der Waals surface area contributed by atoms with Gasteiger partial charge in [0.2, 0.25) is 5.91 Å². The second-order valence-electron chi connectivity index (χ2n) is 9.02. The first-order chi connectivity index (χ1) is 16.4. The van der Waals surface area contributed by atoms with Gasteiger partial charge in [-0.2, -0.15) is 18.3 Å². The number of anilines is 3. The number of carbonyl (C=O) groups excluding carboxylic acids is 1. The van der Waals surface area contributed by atoms with Crippen molar-refractivity contribution in [1.82, 2.24) is 14.8 Å². The van der Waals surface area contributed by atoms with Gasteiger partial charge in [-0.15, -0.1) is 0 Å².